The Morgan fingerprint density at radius 2 is 1.89 bits per heavy atom. The molecule has 1 saturated heterocycles. The predicted octanol–water partition coefficient (Wildman–Crippen LogP) is 3.40. The van der Waals surface area contributed by atoms with Gasteiger partial charge in [0.25, 0.3) is 0 Å². The van der Waals surface area contributed by atoms with E-state index >= 15 is 0 Å². The Morgan fingerprint density at radius 3 is 2.56 bits per heavy atom. The molecule has 2 nitrogen and oxygen atoms in total. The van der Waals surface area contributed by atoms with Crippen molar-refractivity contribution in [3.8, 4) is 0 Å². The Kier molecular flexibility index (Phi) is 4.71. The maximum atomic E-state index is 6.28. The van der Waals surface area contributed by atoms with Crippen LogP contribution in [0.25, 0.3) is 0 Å². The highest BCUT2D eigenvalue weighted by molar-refractivity contribution is 5.01. The Morgan fingerprint density at radius 1 is 1.11 bits per heavy atom. The summed E-state index contributed by atoms with van der Waals surface area (Å²) in [6.45, 7) is 9.40. The van der Waals surface area contributed by atoms with Crippen LogP contribution in [0.3, 0.4) is 0 Å². The van der Waals surface area contributed by atoms with Crippen LogP contribution in [-0.4, -0.2) is 29.6 Å². The molecule has 0 radical (unpaired) electrons. The van der Waals surface area contributed by atoms with Gasteiger partial charge in [-0.25, -0.2) is 0 Å². The average Bonchev–Trinajstić information content (AvgIpc) is 2.56. The summed E-state index contributed by atoms with van der Waals surface area (Å²) in [5, 5.41) is 0. The molecule has 18 heavy (non-hydrogen) atoms. The highest BCUT2D eigenvalue weighted by Crippen LogP contribution is 2.42. The van der Waals surface area contributed by atoms with E-state index in [4.69, 9.17) is 5.73 Å². The molecule has 0 bridgehead atoms. The predicted molar refractivity (Wildman–Crippen MR) is 78.6 cm³/mol. The Balaban J connectivity index is 2.19. The SMILES string of the molecule is CC1CCC(CN)(N2CCCCCC2C)C(C)C1. The molecule has 0 aromatic heterocycles. The van der Waals surface area contributed by atoms with Crippen molar-refractivity contribution in [2.75, 3.05) is 13.1 Å². The van der Waals surface area contributed by atoms with Crippen LogP contribution in [0.5, 0.6) is 0 Å². The molecule has 2 N–H and O–H groups in total. The van der Waals surface area contributed by atoms with E-state index in [1.165, 1.54) is 51.5 Å². The minimum Gasteiger partial charge on any atom is -0.329 e. The number of likely N-dealkylation sites (tertiary alicyclic amines) is 1. The normalized spacial score (nSPS) is 43.7. The molecule has 2 fully saturated rings. The number of nitrogens with two attached hydrogens (primary N) is 1. The zero-order valence-electron chi connectivity index (χ0n) is 12.6. The van der Waals surface area contributed by atoms with Crippen LogP contribution in [0.4, 0.5) is 0 Å². The van der Waals surface area contributed by atoms with E-state index in [1.54, 1.807) is 0 Å². The smallest absolute Gasteiger partial charge is 0.0360 e. The first-order valence-corrected chi connectivity index (χ1v) is 8.07. The molecule has 4 unspecified atom stereocenters. The van der Waals surface area contributed by atoms with Gasteiger partial charge in [-0.1, -0.05) is 26.7 Å². The van der Waals surface area contributed by atoms with Gasteiger partial charge in [0.15, 0.2) is 0 Å². The third-order valence-electron chi connectivity index (χ3n) is 5.72. The Bertz CT molecular complexity index is 266. The zero-order chi connectivity index (χ0) is 13.2. The molecule has 0 spiro atoms. The monoisotopic (exact) mass is 252 g/mol. The second-order valence-electron chi connectivity index (χ2n) is 6.98. The van der Waals surface area contributed by atoms with E-state index in [9.17, 15) is 0 Å². The summed E-state index contributed by atoms with van der Waals surface area (Å²) in [7, 11) is 0. The van der Waals surface area contributed by atoms with Crippen molar-refractivity contribution in [1.29, 1.82) is 0 Å². The van der Waals surface area contributed by atoms with E-state index in [0.717, 1.165) is 24.4 Å². The molecule has 2 heteroatoms. The van der Waals surface area contributed by atoms with Crippen molar-refractivity contribution >= 4 is 0 Å². The first-order chi connectivity index (χ1) is 8.60. The van der Waals surface area contributed by atoms with E-state index in [1.807, 2.05) is 0 Å². The molecular weight excluding hydrogens is 220 g/mol. The van der Waals surface area contributed by atoms with E-state index in [2.05, 4.69) is 25.7 Å². The molecular formula is C16H32N2. The van der Waals surface area contributed by atoms with Gasteiger partial charge in [-0.3, -0.25) is 4.90 Å². The summed E-state index contributed by atoms with van der Waals surface area (Å²) in [5.41, 5.74) is 6.58. The molecule has 4 atom stereocenters. The lowest BCUT2D eigenvalue weighted by Gasteiger charge is -2.53. The first kappa shape index (κ1) is 14.3. The van der Waals surface area contributed by atoms with Crippen LogP contribution in [0.2, 0.25) is 0 Å². The van der Waals surface area contributed by atoms with Gasteiger partial charge >= 0.3 is 0 Å². The second-order valence-corrected chi connectivity index (χ2v) is 6.98. The third-order valence-corrected chi connectivity index (χ3v) is 5.72. The van der Waals surface area contributed by atoms with E-state index in [0.29, 0.717) is 5.54 Å². The van der Waals surface area contributed by atoms with E-state index in [-0.39, 0.29) is 0 Å². The number of hydrogen-bond acceptors (Lipinski definition) is 2. The quantitative estimate of drug-likeness (QED) is 0.816. The maximum absolute atomic E-state index is 6.28. The summed E-state index contributed by atoms with van der Waals surface area (Å²) in [5.74, 6) is 1.65. The van der Waals surface area contributed by atoms with Gasteiger partial charge < -0.3 is 5.73 Å². The fourth-order valence-corrected chi connectivity index (χ4v) is 4.47. The second kappa shape index (κ2) is 5.92. The summed E-state index contributed by atoms with van der Waals surface area (Å²) in [6, 6.07) is 0.729. The van der Waals surface area contributed by atoms with Gasteiger partial charge in [0, 0.05) is 18.1 Å². The van der Waals surface area contributed by atoms with Gasteiger partial charge in [0.1, 0.15) is 0 Å². The lowest BCUT2D eigenvalue weighted by Crippen LogP contribution is -2.62. The molecule has 106 valence electrons. The molecule has 1 saturated carbocycles. The van der Waals surface area contributed by atoms with E-state index < -0.39 is 0 Å². The van der Waals surface area contributed by atoms with Crippen LogP contribution in [0.15, 0.2) is 0 Å². The molecule has 0 amide bonds. The van der Waals surface area contributed by atoms with Crippen molar-refractivity contribution in [3.05, 3.63) is 0 Å². The van der Waals surface area contributed by atoms with Gasteiger partial charge in [0.05, 0.1) is 0 Å². The maximum Gasteiger partial charge on any atom is 0.0360 e. The zero-order valence-corrected chi connectivity index (χ0v) is 12.6. The number of rotatable bonds is 2. The Hall–Kier alpha value is -0.0800. The van der Waals surface area contributed by atoms with Crippen molar-refractivity contribution in [2.45, 2.75) is 77.3 Å². The van der Waals surface area contributed by atoms with Gasteiger partial charge in [-0.15, -0.1) is 0 Å². The summed E-state index contributed by atoms with van der Waals surface area (Å²) in [4.78, 5) is 2.80. The summed E-state index contributed by atoms with van der Waals surface area (Å²) >= 11 is 0. The Labute approximate surface area is 113 Å². The topological polar surface area (TPSA) is 29.3 Å². The van der Waals surface area contributed by atoms with Crippen LogP contribution >= 0.6 is 0 Å². The lowest BCUT2D eigenvalue weighted by molar-refractivity contribution is -0.0230. The molecule has 1 aliphatic carbocycles. The minimum atomic E-state index is 0.302. The van der Waals surface area contributed by atoms with Crippen molar-refractivity contribution < 1.29 is 0 Å². The standard InChI is InChI=1S/C16H32N2/c1-13-8-9-16(12-17,14(2)11-13)18-10-6-4-5-7-15(18)3/h13-15H,4-12,17H2,1-3H3. The fourth-order valence-electron chi connectivity index (χ4n) is 4.47. The van der Waals surface area contributed by atoms with Crippen LogP contribution < -0.4 is 5.73 Å². The first-order valence-electron chi connectivity index (χ1n) is 8.07. The molecule has 0 aromatic rings. The molecule has 2 aliphatic rings. The van der Waals surface area contributed by atoms with Crippen molar-refractivity contribution in [2.24, 2.45) is 17.6 Å². The van der Waals surface area contributed by atoms with Crippen LogP contribution in [-0.2, 0) is 0 Å². The van der Waals surface area contributed by atoms with Gasteiger partial charge in [-0.2, -0.15) is 0 Å². The average molecular weight is 252 g/mol. The number of nitrogens with zero attached hydrogens (tertiary/aromatic N) is 1. The highest BCUT2D eigenvalue weighted by atomic mass is 15.2. The third kappa shape index (κ3) is 2.60. The molecule has 1 aliphatic heterocycles. The highest BCUT2D eigenvalue weighted by Gasteiger charge is 2.45. The van der Waals surface area contributed by atoms with Crippen LogP contribution in [0.1, 0.15) is 65.7 Å². The summed E-state index contributed by atoms with van der Waals surface area (Å²) < 4.78 is 0. The van der Waals surface area contributed by atoms with Gasteiger partial charge in [-0.05, 0) is 57.4 Å². The van der Waals surface area contributed by atoms with Crippen LogP contribution in [0, 0.1) is 11.8 Å². The number of hydrogen-bond donors (Lipinski definition) is 1. The lowest BCUT2D eigenvalue weighted by atomic mass is 9.68. The summed E-state index contributed by atoms with van der Waals surface area (Å²) in [6.07, 6.45) is 9.59. The largest absolute Gasteiger partial charge is 0.329 e. The molecule has 1 heterocycles. The van der Waals surface area contributed by atoms with Crippen molar-refractivity contribution in [3.63, 3.8) is 0 Å². The minimum absolute atomic E-state index is 0.302. The van der Waals surface area contributed by atoms with Crippen molar-refractivity contribution in [1.82, 2.24) is 4.90 Å². The fraction of sp³-hybridized carbons (Fsp3) is 1.00. The molecule has 2 rings (SSSR count). The molecule has 0 aromatic carbocycles. The van der Waals surface area contributed by atoms with Gasteiger partial charge in [0.2, 0.25) is 0 Å².